The van der Waals surface area contributed by atoms with E-state index in [4.69, 9.17) is 14.2 Å². The SMILES string of the molecule is CCOC(=O)C1=C(COC(=O)/C=C/c2ccc(OC)cc2)NC(=O)N[C@@H]1C. The van der Waals surface area contributed by atoms with E-state index in [0.29, 0.717) is 5.75 Å². The monoisotopic (exact) mass is 374 g/mol. The van der Waals surface area contributed by atoms with E-state index in [-0.39, 0.29) is 24.5 Å². The average Bonchev–Trinajstić information content (AvgIpc) is 2.64. The van der Waals surface area contributed by atoms with Gasteiger partial charge in [-0.2, -0.15) is 0 Å². The predicted molar refractivity (Wildman–Crippen MR) is 97.8 cm³/mol. The van der Waals surface area contributed by atoms with Gasteiger partial charge in [0.05, 0.1) is 31.0 Å². The molecule has 0 spiro atoms. The minimum absolute atomic E-state index is 0.195. The molecule has 1 aliphatic heterocycles. The first-order valence-corrected chi connectivity index (χ1v) is 8.41. The Morgan fingerprint density at radius 3 is 2.52 bits per heavy atom. The fraction of sp³-hybridized carbons (Fsp3) is 0.316. The molecule has 8 heteroatoms. The molecule has 2 rings (SSSR count). The van der Waals surface area contributed by atoms with Crippen LogP contribution in [0.25, 0.3) is 6.08 Å². The maximum absolute atomic E-state index is 12.1. The van der Waals surface area contributed by atoms with E-state index < -0.39 is 24.0 Å². The van der Waals surface area contributed by atoms with Crippen LogP contribution < -0.4 is 15.4 Å². The van der Waals surface area contributed by atoms with Gasteiger partial charge < -0.3 is 24.8 Å². The highest BCUT2D eigenvalue weighted by Gasteiger charge is 2.30. The molecule has 1 aromatic rings. The van der Waals surface area contributed by atoms with Crippen molar-refractivity contribution in [3.63, 3.8) is 0 Å². The number of carbonyl (C=O) groups is 3. The Morgan fingerprint density at radius 2 is 1.89 bits per heavy atom. The van der Waals surface area contributed by atoms with E-state index in [1.165, 1.54) is 6.08 Å². The van der Waals surface area contributed by atoms with E-state index in [1.807, 2.05) is 0 Å². The molecule has 0 fully saturated rings. The van der Waals surface area contributed by atoms with Crippen LogP contribution in [0.15, 0.2) is 41.6 Å². The summed E-state index contributed by atoms with van der Waals surface area (Å²) in [5, 5.41) is 5.06. The number of nitrogens with one attached hydrogen (secondary N) is 2. The van der Waals surface area contributed by atoms with Crippen LogP contribution in [-0.2, 0) is 19.1 Å². The lowest BCUT2D eigenvalue weighted by molar-refractivity contribution is -0.140. The predicted octanol–water partition coefficient (Wildman–Crippen LogP) is 1.77. The normalized spacial score (nSPS) is 16.6. The van der Waals surface area contributed by atoms with Gasteiger partial charge in [0.25, 0.3) is 0 Å². The number of methoxy groups -OCH3 is 1. The number of hydrogen-bond acceptors (Lipinski definition) is 6. The maximum atomic E-state index is 12.1. The van der Waals surface area contributed by atoms with Crippen LogP contribution in [0.4, 0.5) is 4.79 Å². The summed E-state index contributed by atoms with van der Waals surface area (Å²) in [6.07, 6.45) is 2.85. The molecule has 1 aromatic carbocycles. The largest absolute Gasteiger partial charge is 0.497 e. The standard InChI is InChI=1S/C19H22N2O6/c1-4-26-18(23)17-12(2)20-19(24)21-15(17)11-27-16(22)10-7-13-5-8-14(25-3)9-6-13/h5-10,12H,4,11H2,1-3H3,(H2,20,21,24)/b10-7+/t12-/m1/s1. The Morgan fingerprint density at radius 1 is 1.19 bits per heavy atom. The van der Waals surface area contributed by atoms with Crippen molar-refractivity contribution >= 4 is 24.0 Å². The number of ether oxygens (including phenoxy) is 3. The minimum atomic E-state index is -0.609. The molecule has 1 aliphatic rings. The number of hydrogen-bond donors (Lipinski definition) is 2. The molecule has 0 radical (unpaired) electrons. The average molecular weight is 374 g/mol. The topological polar surface area (TPSA) is 103 Å². The first-order chi connectivity index (χ1) is 12.9. The summed E-state index contributed by atoms with van der Waals surface area (Å²) in [4.78, 5) is 35.7. The molecule has 1 atom stereocenters. The van der Waals surface area contributed by atoms with Crippen molar-refractivity contribution in [3.8, 4) is 5.75 Å². The van der Waals surface area contributed by atoms with Crippen molar-refractivity contribution in [2.45, 2.75) is 19.9 Å². The Labute approximate surface area is 157 Å². The van der Waals surface area contributed by atoms with Gasteiger partial charge in [0.15, 0.2) is 0 Å². The van der Waals surface area contributed by atoms with Gasteiger partial charge in [0, 0.05) is 6.08 Å². The van der Waals surface area contributed by atoms with Gasteiger partial charge in [0.2, 0.25) is 0 Å². The highest BCUT2D eigenvalue weighted by molar-refractivity contribution is 5.95. The van der Waals surface area contributed by atoms with Gasteiger partial charge in [-0.25, -0.2) is 14.4 Å². The Kier molecular flexibility index (Phi) is 6.99. The Bertz CT molecular complexity index is 767. The summed E-state index contributed by atoms with van der Waals surface area (Å²) >= 11 is 0. The third-order valence-corrected chi connectivity index (χ3v) is 3.75. The fourth-order valence-corrected chi connectivity index (χ4v) is 2.46. The van der Waals surface area contributed by atoms with Crippen molar-refractivity contribution in [2.24, 2.45) is 0 Å². The lowest BCUT2D eigenvalue weighted by Crippen LogP contribution is -2.50. The van der Waals surface area contributed by atoms with Crippen molar-refractivity contribution < 1.29 is 28.6 Å². The summed E-state index contributed by atoms with van der Waals surface area (Å²) in [5.41, 5.74) is 1.22. The smallest absolute Gasteiger partial charge is 0.338 e. The van der Waals surface area contributed by atoms with Gasteiger partial charge in [-0.1, -0.05) is 12.1 Å². The Balaban J connectivity index is 2.03. The quantitative estimate of drug-likeness (QED) is 0.557. The van der Waals surface area contributed by atoms with Crippen LogP contribution in [0.5, 0.6) is 5.75 Å². The van der Waals surface area contributed by atoms with Gasteiger partial charge in [0.1, 0.15) is 12.4 Å². The van der Waals surface area contributed by atoms with Crippen LogP contribution in [0, 0.1) is 0 Å². The van der Waals surface area contributed by atoms with Crippen LogP contribution in [0.1, 0.15) is 19.4 Å². The first kappa shape index (κ1) is 20.0. The molecule has 8 nitrogen and oxygen atoms in total. The van der Waals surface area contributed by atoms with Crippen molar-refractivity contribution in [2.75, 3.05) is 20.3 Å². The number of rotatable bonds is 7. The zero-order valence-electron chi connectivity index (χ0n) is 15.4. The second kappa shape index (κ2) is 9.42. The molecular formula is C19H22N2O6. The molecule has 2 amide bonds. The summed E-state index contributed by atoms with van der Waals surface area (Å²) < 4.78 is 15.2. The van der Waals surface area contributed by atoms with Crippen molar-refractivity contribution in [3.05, 3.63) is 47.2 Å². The lowest BCUT2D eigenvalue weighted by atomic mass is 10.0. The number of amides is 2. The molecule has 0 aliphatic carbocycles. The van der Waals surface area contributed by atoms with Crippen molar-refractivity contribution in [1.82, 2.24) is 10.6 Å². The van der Waals surface area contributed by atoms with E-state index in [0.717, 1.165) is 5.56 Å². The molecule has 0 unspecified atom stereocenters. The highest BCUT2D eigenvalue weighted by atomic mass is 16.5. The highest BCUT2D eigenvalue weighted by Crippen LogP contribution is 2.15. The van der Waals surface area contributed by atoms with Crippen molar-refractivity contribution in [1.29, 1.82) is 0 Å². The molecule has 0 saturated heterocycles. The summed E-state index contributed by atoms with van der Waals surface area (Å²) in [6.45, 7) is 3.27. The van der Waals surface area contributed by atoms with E-state index in [9.17, 15) is 14.4 Å². The van der Waals surface area contributed by atoms with Crippen LogP contribution in [0.3, 0.4) is 0 Å². The molecule has 0 bridgehead atoms. The molecule has 1 heterocycles. The van der Waals surface area contributed by atoms with E-state index in [1.54, 1.807) is 51.3 Å². The van der Waals surface area contributed by atoms with Crippen LogP contribution in [0.2, 0.25) is 0 Å². The number of benzene rings is 1. The Hall–Kier alpha value is -3.29. The third kappa shape index (κ3) is 5.60. The van der Waals surface area contributed by atoms with Gasteiger partial charge in [-0.05, 0) is 37.6 Å². The van der Waals surface area contributed by atoms with Gasteiger partial charge in [-0.15, -0.1) is 0 Å². The third-order valence-electron chi connectivity index (χ3n) is 3.75. The zero-order valence-corrected chi connectivity index (χ0v) is 15.4. The molecule has 2 N–H and O–H groups in total. The minimum Gasteiger partial charge on any atom is -0.497 e. The second-order valence-corrected chi connectivity index (χ2v) is 5.65. The zero-order chi connectivity index (χ0) is 19.8. The first-order valence-electron chi connectivity index (χ1n) is 8.41. The lowest BCUT2D eigenvalue weighted by Gasteiger charge is -2.26. The molecule has 27 heavy (non-hydrogen) atoms. The fourth-order valence-electron chi connectivity index (χ4n) is 2.46. The molecule has 0 saturated carbocycles. The van der Waals surface area contributed by atoms with Crippen LogP contribution >= 0.6 is 0 Å². The van der Waals surface area contributed by atoms with E-state index >= 15 is 0 Å². The molecular weight excluding hydrogens is 352 g/mol. The molecule has 0 aromatic heterocycles. The van der Waals surface area contributed by atoms with Gasteiger partial charge in [-0.3, -0.25) is 0 Å². The number of esters is 2. The second-order valence-electron chi connectivity index (χ2n) is 5.65. The number of urea groups is 1. The summed E-state index contributed by atoms with van der Waals surface area (Å²) in [6, 6.07) is 6.09. The summed E-state index contributed by atoms with van der Waals surface area (Å²) in [7, 11) is 1.57. The number of carbonyl (C=O) groups excluding carboxylic acids is 3. The molecule has 144 valence electrons. The summed E-state index contributed by atoms with van der Waals surface area (Å²) in [5.74, 6) is -0.469. The van der Waals surface area contributed by atoms with Gasteiger partial charge >= 0.3 is 18.0 Å². The van der Waals surface area contributed by atoms with E-state index in [2.05, 4.69) is 10.6 Å². The van der Waals surface area contributed by atoms with Crippen LogP contribution in [-0.4, -0.2) is 44.3 Å². The maximum Gasteiger partial charge on any atom is 0.338 e.